The Morgan fingerprint density at radius 2 is 2.00 bits per heavy atom. The molecule has 1 aromatic carbocycles. The van der Waals surface area contributed by atoms with Crippen molar-refractivity contribution in [2.24, 2.45) is 0 Å². The van der Waals surface area contributed by atoms with Crippen molar-refractivity contribution in [2.75, 3.05) is 4.90 Å². The van der Waals surface area contributed by atoms with Gasteiger partial charge in [-0.3, -0.25) is 9.69 Å². The molecule has 2 fully saturated rings. The molecule has 2 aromatic rings. The summed E-state index contributed by atoms with van der Waals surface area (Å²) < 4.78 is 9.21. The number of carbonyl (C=O) groups is 3. The molecule has 9 nitrogen and oxygen atoms in total. The average Bonchev–Trinajstić information content (AvgIpc) is 3.14. The highest BCUT2D eigenvalue weighted by Crippen LogP contribution is 2.59. The number of carboxylic acid groups (broad SMARTS) is 1. The summed E-state index contributed by atoms with van der Waals surface area (Å²) in [5.41, 5.74) is -2.24. The van der Waals surface area contributed by atoms with E-state index in [1.807, 2.05) is 0 Å². The maximum absolute atomic E-state index is 13.5. The Kier molecular flexibility index (Phi) is 5.14. The predicted octanol–water partition coefficient (Wildman–Crippen LogP) is 4.16. The van der Waals surface area contributed by atoms with E-state index in [9.17, 15) is 19.5 Å². The van der Waals surface area contributed by atoms with Crippen LogP contribution in [-0.2, 0) is 9.59 Å². The number of amides is 2. The molecular formula is C19H17Cl2N3O6S. The lowest BCUT2D eigenvalue weighted by atomic mass is 9.87. The van der Waals surface area contributed by atoms with Gasteiger partial charge in [-0.2, -0.15) is 0 Å². The minimum Gasteiger partial charge on any atom is -0.478 e. The minimum absolute atomic E-state index is 0.00587. The molecule has 0 aliphatic carbocycles. The van der Waals surface area contributed by atoms with Crippen molar-refractivity contribution in [3.63, 3.8) is 0 Å². The highest BCUT2D eigenvalue weighted by Gasteiger charge is 2.74. The highest BCUT2D eigenvalue weighted by atomic mass is 35.5. The lowest BCUT2D eigenvalue weighted by molar-refractivity contribution is -0.167. The van der Waals surface area contributed by atoms with E-state index in [1.54, 1.807) is 19.9 Å². The minimum atomic E-state index is -2.16. The summed E-state index contributed by atoms with van der Waals surface area (Å²) in [6.07, 6.45) is 0.240. The van der Waals surface area contributed by atoms with E-state index in [4.69, 9.17) is 32.5 Å². The molecule has 2 aliphatic rings. The zero-order valence-electron chi connectivity index (χ0n) is 16.6. The van der Waals surface area contributed by atoms with E-state index in [1.165, 1.54) is 41.9 Å². The number of benzene rings is 1. The molecule has 0 spiro atoms. The van der Waals surface area contributed by atoms with Gasteiger partial charge in [-0.1, -0.05) is 34.4 Å². The van der Waals surface area contributed by atoms with Crippen molar-refractivity contribution >= 4 is 58.6 Å². The van der Waals surface area contributed by atoms with E-state index >= 15 is 0 Å². The summed E-state index contributed by atoms with van der Waals surface area (Å²) in [6, 6.07) is 4.49. The average molecular weight is 486 g/mol. The zero-order chi connectivity index (χ0) is 22.7. The van der Waals surface area contributed by atoms with Crippen LogP contribution in [0.2, 0.25) is 10.0 Å². The van der Waals surface area contributed by atoms with Gasteiger partial charge in [-0.15, -0.1) is 11.8 Å². The number of halogens is 2. The van der Waals surface area contributed by atoms with Crippen LogP contribution < -0.4 is 9.64 Å². The monoisotopic (exact) mass is 485 g/mol. The van der Waals surface area contributed by atoms with Crippen molar-refractivity contribution in [2.45, 2.75) is 43.0 Å². The SMILES string of the molecule is Cc1oncc1OC(=O)N(c1c(Cl)cccc1Cl)[C@@]1(C(=O)O)N2C(=O)C[C@H]2SC1(C)C. The number of aliphatic carboxylic acids is 1. The van der Waals surface area contributed by atoms with E-state index < -0.39 is 33.8 Å². The molecule has 2 aliphatic heterocycles. The molecule has 2 atom stereocenters. The first-order valence-corrected chi connectivity index (χ1v) is 10.8. The maximum Gasteiger partial charge on any atom is 0.422 e. The van der Waals surface area contributed by atoms with Gasteiger partial charge in [-0.05, 0) is 26.0 Å². The fourth-order valence-corrected chi connectivity index (χ4v) is 6.32. The number of aryl methyl sites for hydroxylation is 1. The number of hydrogen-bond donors (Lipinski definition) is 1. The first kappa shape index (κ1) is 21.8. The van der Waals surface area contributed by atoms with Crippen LogP contribution in [0.1, 0.15) is 26.0 Å². The number of ether oxygens (including phenoxy) is 1. The van der Waals surface area contributed by atoms with Gasteiger partial charge in [0.15, 0.2) is 11.5 Å². The molecule has 2 amide bonds. The standard InChI is InChI=1S/C19H17Cl2N3O6S/c1-9-12(8-22-30-9)29-17(28)24(15-10(20)5-4-6-11(15)21)19(16(26)27)18(2,3)31-14-7-13(25)23(14)19/h4-6,8,14H,7H2,1-3H3,(H,26,27)/t14-,19-/m1/s1. The Bertz CT molecular complexity index is 1090. The summed E-state index contributed by atoms with van der Waals surface area (Å²) >= 11 is 14.1. The summed E-state index contributed by atoms with van der Waals surface area (Å²) in [5, 5.41) is 13.7. The number of aromatic nitrogens is 1. The first-order valence-electron chi connectivity index (χ1n) is 9.13. The van der Waals surface area contributed by atoms with Crippen LogP contribution in [0.15, 0.2) is 28.9 Å². The highest BCUT2D eigenvalue weighted by molar-refractivity contribution is 8.01. The van der Waals surface area contributed by atoms with Crippen molar-refractivity contribution in [1.29, 1.82) is 0 Å². The number of carboxylic acids is 1. The Morgan fingerprint density at radius 3 is 2.52 bits per heavy atom. The van der Waals surface area contributed by atoms with E-state index in [2.05, 4.69) is 5.16 Å². The number of carbonyl (C=O) groups excluding carboxylic acids is 2. The molecule has 12 heteroatoms. The Balaban J connectivity index is 1.97. The quantitative estimate of drug-likeness (QED) is 0.642. The van der Waals surface area contributed by atoms with Crippen LogP contribution in [0.4, 0.5) is 10.5 Å². The van der Waals surface area contributed by atoms with Crippen molar-refractivity contribution < 1.29 is 28.8 Å². The largest absolute Gasteiger partial charge is 0.478 e. The number of thioether (sulfide) groups is 1. The van der Waals surface area contributed by atoms with Crippen molar-refractivity contribution in [3.8, 4) is 5.75 Å². The third kappa shape index (κ3) is 3.00. The molecule has 2 saturated heterocycles. The van der Waals surface area contributed by atoms with Gasteiger partial charge in [0.05, 0.1) is 32.3 Å². The van der Waals surface area contributed by atoms with Gasteiger partial charge in [0.25, 0.3) is 0 Å². The number of para-hydroxylation sites is 1. The molecule has 164 valence electrons. The van der Waals surface area contributed by atoms with Crippen LogP contribution in [0.5, 0.6) is 5.75 Å². The second-order valence-electron chi connectivity index (χ2n) is 7.55. The fourth-order valence-electron chi connectivity index (χ4n) is 4.03. The summed E-state index contributed by atoms with van der Waals surface area (Å²) in [4.78, 5) is 41.1. The Labute approximate surface area is 191 Å². The molecule has 1 aromatic heterocycles. The summed E-state index contributed by atoms with van der Waals surface area (Å²) in [6.45, 7) is 4.82. The molecule has 31 heavy (non-hydrogen) atoms. The topological polar surface area (TPSA) is 113 Å². The molecule has 3 heterocycles. The number of nitrogens with zero attached hydrogens (tertiary/aromatic N) is 3. The molecule has 1 N–H and O–H groups in total. The van der Waals surface area contributed by atoms with E-state index in [0.717, 1.165) is 4.90 Å². The molecule has 0 radical (unpaired) electrons. The predicted molar refractivity (Wildman–Crippen MR) is 113 cm³/mol. The molecular weight excluding hydrogens is 469 g/mol. The molecule has 0 unspecified atom stereocenters. The normalized spacial score (nSPS) is 23.8. The van der Waals surface area contributed by atoms with Gasteiger partial charge in [0, 0.05) is 6.92 Å². The van der Waals surface area contributed by atoms with Crippen molar-refractivity contribution in [1.82, 2.24) is 10.1 Å². The van der Waals surface area contributed by atoms with Gasteiger partial charge in [0.1, 0.15) is 6.20 Å². The van der Waals surface area contributed by atoms with E-state index in [-0.39, 0.29) is 33.7 Å². The van der Waals surface area contributed by atoms with Gasteiger partial charge >= 0.3 is 12.1 Å². The molecule has 4 rings (SSSR count). The lowest BCUT2D eigenvalue weighted by Gasteiger charge is -2.51. The van der Waals surface area contributed by atoms with Crippen LogP contribution in [0.3, 0.4) is 0 Å². The second-order valence-corrected chi connectivity index (χ2v) is 10.2. The zero-order valence-corrected chi connectivity index (χ0v) is 18.9. The van der Waals surface area contributed by atoms with Crippen molar-refractivity contribution in [3.05, 3.63) is 40.2 Å². The van der Waals surface area contributed by atoms with Crippen LogP contribution in [0.25, 0.3) is 0 Å². The van der Waals surface area contributed by atoms with Gasteiger partial charge < -0.3 is 14.4 Å². The number of β-lactam (4-membered cyclic amide) rings is 1. The van der Waals surface area contributed by atoms with E-state index in [0.29, 0.717) is 0 Å². The molecule has 0 saturated carbocycles. The van der Waals surface area contributed by atoms with Crippen LogP contribution in [-0.4, -0.2) is 48.9 Å². The first-order chi connectivity index (χ1) is 14.5. The van der Waals surface area contributed by atoms with Crippen LogP contribution >= 0.6 is 35.0 Å². The Hall–Kier alpha value is -2.43. The fraction of sp³-hybridized carbons (Fsp3) is 0.368. The summed E-state index contributed by atoms with van der Waals surface area (Å²) in [7, 11) is 0. The third-order valence-electron chi connectivity index (χ3n) is 5.39. The smallest absolute Gasteiger partial charge is 0.422 e. The van der Waals surface area contributed by atoms with Gasteiger partial charge in [0.2, 0.25) is 11.6 Å². The third-order valence-corrected chi connectivity index (χ3v) is 7.53. The van der Waals surface area contributed by atoms with Crippen LogP contribution in [0, 0.1) is 6.92 Å². The molecule has 0 bridgehead atoms. The number of rotatable bonds is 4. The maximum atomic E-state index is 13.5. The number of hydrogen-bond acceptors (Lipinski definition) is 7. The number of anilines is 1. The lowest BCUT2D eigenvalue weighted by Crippen LogP contribution is -2.76. The second kappa shape index (κ2) is 7.32. The van der Waals surface area contributed by atoms with Gasteiger partial charge in [-0.25, -0.2) is 14.5 Å². The number of fused-ring (bicyclic) bond motifs is 1. The summed E-state index contributed by atoms with van der Waals surface area (Å²) in [5.74, 6) is -1.63. The Morgan fingerprint density at radius 1 is 1.35 bits per heavy atom.